The van der Waals surface area contributed by atoms with E-state index in [1.54, 1.807) is 0 Å². The van der Waals surface area contributed by atoms with Crippen LogP contribution in [-0.4, -0.2) is 43.9 Å². The second-order valence-corrected chi connectivity index (χ2v) is 14.9. The van der Waals surface area contributed by atoms with E-state index in [4.69, 9.17) is 15.6 Å². The number of rotatable bonds is 9. The normalized spacial score (nSPS) is 14.1. The highest BCUT2D eigenvalue weighted by Gasteiger charge is 2.50. The second kappa shape index (κ2) is 11.7. The number of alkyl carbamates (subject to hydrolysis) is 1. The first-order chi connectivity index (χ1) is 15.9. The largest absolute Gasteiger partial charge is 0.444 e. The van der Waals surface area contributed by atoms with Gasteiger partial charge in [0.15, 0.2) is 0 Å². The van der Waals surface area contributed by atoms with Crippen LogP contribution in [0.15, 0.2) is 60.7 Å². The Balaban J connectivity index is 2.42. The van der Waals surface area contributed by atoms with Gasteiger partial charge in [0.05, 0.1) is 12.6 Å². The molecule has 0 fully saturated rings. The quantitative estimate of drug-likeness (QED) is 0.415. The van der Waals surface area contributed by atoms with Crippen LogP contribution in [-0.2, 0) is 9.16 Å². The van der Waals surface area contributed by atoms with Crippen LogP contribution in [0.1, 0.15) is 54.4 Å². The zero-order chi connectivity index (χ0) is 25.4. The van der Waals surface area contributed by atoms with Crippen LogP contribution in [0.5, 0.6) is 0 Å². The molecular formula is C28H39NO4Si. The summed E-state index contributed by atoms with van der Waals surface area (Å²) in [7, 11) is -2.77. The van der Waals surface area contributed by atoms with E-state index in [-0.39, 0.29) is 17.7 Å². The minimum absolute atomic E-state index is 0.190. The van der Waals surface area contributed by atoms with Crippen molar-refractivity contribution < 1.29 is 19.1 Å². The van der Waals surface area contributed by atoms with Crippen LogP contribution >= 0.6 is 0 Å². The smallest absolute Gasteiger partial charge is 0.407 e. The van der Waals surface area contributed by atoms with Gasteiger partial charge in [-0.25, -0.2) is 4.79 Å². The lowest BCUT2D eigenvalue weighted by Gasteiger charge is -2.43. The first-order valence-corrected chi connectivity index (χ1v) is 13.7. The molecule has 0 bridgehead atoms. The number of ether oxygens (including phenoxy) is 1. The van der Waals surface area contributed by atoms with Crippen LogP contribution in [0.25, 0.3) is 0 Å². The molecule has 0 spiro atoms. The maximum absolute atomic E-state index is 12.6. The summed E-state index contributed by atoms with van der Waals surface area (Å²) in [5.74, 6) is 2.34. The van der Waals surface area contributed by atoms with Gasteiger partial charge in [-0.15, -0.1) is 6.42 Å². The van der Waals surface area contributed by atoms with Crippen molar-refractivity contribution in [2.45, 2.75) is 77.2 Å². The molecule has 5 nitrogen and oxygen atoms in total. The standard InChI is InChI=1S/C28H39NO4Si/c1-8-23(30)20-19-22(29-26(31)33-27(2,3)4)21-32-34(28(5,6)7,24-15-11-9-12-16-24)25-17-13-10-14-18-25/h1,9-18,22-23,30H,19-21H2,2-7H3,(H,29,31)/t22-,23?/m0/s1. The Labute approximate surface area is 206 Å². The fourth-order valence-corrected chi connectivity index (χ4v) is 8.71. The summed E-state index contributed by atoms with van der Waals surface area (Å²) < 4.78 is 12.4. The topological polar surface area (TPSA) is 67.8 Å². The number of hydrogen-bond acceptors (Lipinski definition) is 4. The Morgan fingerprint density at radius 3 is 1.88 bits per heavy atom. The van der Waals surface area contributed by atoms with Crippen molar-refractivity contribution in [1.82, 2.24) is 5.32 Å². The van der Waals surface area contributed by atoms with Crippen molar-refractivity contribution in [2.24, 2.45) is 0 Å². The van der Waals surface area contributed by atoms with Gasteiger partial charge < -0.3 is 19.6 Å². The number of benzene rings is 2. The molecule has 2 aromatic rings. The number of carbonyl (C=O) groups excluding carboxylic acids is 1. The summed E-state index contributed by atoms with van der Waals surface area (Å²) in [4.78, 5) is 12.6. The summed E-state index contributed by atoms with van der Waals surface area (Å²) >= 11 is 0. The van der Waals surface area contributed by atoms with Gasteiger partial charge in [0.1, 0.15) is 11.7 Å². The highest BCUT2D eigenvalue weighted by atomic mass is 28.4. The van der Waals surface area contributed by atoms with E-state index >= 15 is 0 Å². The molecule has 0 saturated heterocycles. The van der Waals surface area contributed by atoms with Gasteiger partial charge in [-0.05, 0) is 49.0 Å². The molecule has 2 atom stereocenters. The number of terminal acetylenes is 1. The number of aliphatic hydroxyl groups excluding tert-OH is 1. The molecule has 1 unspecified atom stereocenters. The van der Waals surface area contributed by atoms with Crippen molar-refractivity contribution in [2.75, 3.05) is 6.61 Å². The average molecular weight is 482 g/mol. The van der Waals surface area contributed by atoms with Crippen molar-refractivity contribution in [3.05, 3.63) is 60.7 Å². The van der Waals surface area contributed by atoms with Gasteiger partial charge in [0.25, 0.3) is 8.32 Å². The Morgan fingerprint density at radius 1 is 0.971 bits per heavy atom. The fourth-order valence-electron chi connectivity index (χ4n) is 4.10. The molecule has 0 aromatic heterocycles. The van der Waals surface area contributed by atoms with Gasteiger partial charge in [-0.3, -0.25) is 0 Å². The molecule has 0 radical (unpaired) electrons. The SMILES string of the molecule is C#CC(O)CC[C@@H](CO[Si](c1ccccc1)(c1ccccc1)C(C)(C)C)NC(=O)OC(C)(C)C. The van der Waals surface area contributed by atoms with E-state index in [1.807, 2.05) is 57.2 Å². The Kier molecular flexibility index (Phi) is 9.51. The summed E-state index contributed by atoms with van der Waals surface area (Å²) in [6.45, 7) is 12.4. The van der Waals surface area contributed by atoms with Crippen molar-refractivity contribution in [3.63, 3.8) is 0 Å². The van der Waals surface area contributed by atoms with Crippen LogP contribution in [0.2, 0.25) is 5.04 Å². The van der Waals surface area contributed by atoms with Gasteiger partial charge in [-0.2, -0.15) is 0 Å². The summed E-state index contributed by atoms with van der Waals surface area (Å²) in [6, 6.07) is 20.3. The van der Waals surface area contributed by atoms with E-state index in [2.05, 4.69) is 56.3 Å². The molecule has 2 aromatic carbocycles. The van der Waals surface area contributed by atoms with E-state index < -0.39 is 26.1 Å². The third kappa shape index (κ3) is 7.46. The summed E-state index contributed by atoms with van der Waals surface area (Å²) in [6.07, 6.45) is 4.77. The lowest BCUT2D eigenvalue weighted by atomic mass is 10.1. The maximum Gasteiger partial charge on any atom is 0.407 e. The number of amides is 1. The number of aliphatic hydroxyl groups is 1. The third-order valence-electron chi connectivity index (χ3n) is 5.62. The van der Waals surface area contributed by atoms with E-state index in [1.165, 1.54) is 0 Å². The fraction of sp³-hybridized carbons (Fsp3) is 0.464. The Bertz CT molecular complexity index is 903. The lowest BCUT2D eigenvalue weighted by Crippen LogP contribution is -2.67. The molecule has 184 valence electrons. The highest BCUT2D eigenvalue weighted by molar-refractivity contribution is 6.99. The van der Waals surface area contributed by atoms with Gasteiger partial charge >= 0.3 is 6.09 Å². The Morgan fingerprint density at radius 2 is 1.47 bits per heavy atom. The molecule has 6 heteroatoms. The van der Waals surface area contributed by atoms with Crippen LogP contribution in [0.3, 0.4) is 0 Å². The van der Waals surface area contributed by atoms with Crippen molar-refractivity contribution >= 4 is 24.8 Å². The van der Waals surface area contributed by atoms with Gasteiger partial charge in [-0.1, -0.05) is 87.4 Å². The molecule has 1 amide bonds. The molecule has 0 aliphatic carbocycles. The minimum Gasteiger partial charge on any atom is -0.444 e. The highest BCUT2D eigenvalue weighted by Crippen LogP contribution is 2.36. The molecule has 0 aliphatic rings. The van der Waals surface area contributed by atoms with Crippen molar-refractivity contribution in [1.29, 1.82) is 0 Å². The third-order valence-corrected chi connectivity index (χ3v) is 10.6. The first kappa shape index (κ1) is 27.6. The minimum atomic E-state index is -2.77. The Hall–Kier alpha value is -2.59. The monoisotopic (exact) mass is 481 g/mol. The maximum atomic E-state index is 12.6. The molecule has 2 rings (SSSR count). The number of carbonyl (C=O) groups is 1. The van der Waals surface area contributed by atoms with Crippen LogP contribution in [0, 0.1) is 12.3 Å². The summed E-state index contributed by atoms with van der Waals surface area (Å²) in [5.41, 5.74) is -0.619. The number of hydrogen-bond donors (Lipinski definition) is 2. The van der Waals surface area contributed by atoms with E-state index in [0.29, 0.717) is 12.8 Å². The first-order valence-electron chi connectivity index (χ1n) is 11.8. The van der Waals surface area contributed by atoms with E-state index in [9.17, 15) is 9.90 Å². The van der Waals surface area contributed by atoms with E-state index in [0.717, 1.165) is 10.4 Å². The molecule has 34 heavy (non-hydrogen) atoms. The second-order valence-electron chi connectivity index (χ2n) is 10.6. The average Bonchev–Trinajstić information content (AvgIpc) is 2.76. The van der Waals surface area contributed by atoms with Crippen LogP contribution < -0.4 is 15.7 Å². The lowest BCUT2D eigenvalue weighted by molar-refractivity contribution is 0.0477. The molecular weight excluding hydrogens is 442 g/mol. The van der Waals surface area contributed by atoms with Gasteiger partial charge in [0.2, 0.25) is 0 Å². The van der Waals surface area contributed by atoms with Crippen molar-refractivity contribution in [3.8, 4) is 12.3 Å². The molecule has 2 N–H and O–H groups in total. The molecule has 0 saturated carbocycles. The summed E-state index contributed by atoms with van der Waals surface area (Å²) in [5, 5.41) is 15.0. The van der Waals surface area contributed by atoms with Gasteiger partial charge in [0, 0.05) is 0 Å². The molecule has 0 aliphatic heterocycles. The zero-order valence-corrected chi connectivity index (χ0v) is 22.3. The predicted molar refractivity (Wildman–Crippen MR) is 141 cm³/mol. The zero-order valence-electron chi connectivity index (χ0n) is 21.3. The predicted octanol–water partition coefficient (Wildman–Crippen LogP) is 4.23. The number of nitrogens with one attached hydrogen (secondary N) is 1. The molecule has 0 heterocycles. The van der Waals surface area contributed by atoms with Crippen LogP contribution in [0.4, 0.5) is 4.79 Å².